The topological polar surface area (TPSA) is 77.8 Å². The Morgan fingerprint density at radius 2 is 1.50 bits per heavy atom. The van der Waals surface area contributed by atoms with Crippen LogP contribution in [0.5, 0.6) is 5.75 Å². The third-order valence-corrected chi connectivity index (χ3v) is 1.06. The molecule has 0 unspecified atom stereocenters. The van der Waals surface area contributed by atoms with Crippen LogP contribution >= 0.6 is 18.4 Å². The van der Waals surface area contributed by atoms with Crippen molar-refractivity contribution in [1.29, 1.82) is 0 Å². The number of benzene rings is 1. The standard InChI is InChI=1S/C7H6O2.2CH4O.2ClH.Nb/c8-5-6-3-1-2-4-7(6)9;2*1-2;;;/h1-5,9H;2*2H,1H3;2*1H;/q;;;;;+2/p-2. The van der Waals surface area contributed by atoms with Crippen molar-refractivity contribution >= 4 is 24.7 Å². The third kappa shape index (κ3) is 13.9. The summed E-state index contributed by atoms with van der Waals surface area (Å²) in [5, 5.41) is 22.9. The molecule has 0 aliphatic heterocycles. The van der Waals surface area contributed by atoms with Crippen molar-refractivity contribution in [3.05, 3.63) is 29.8 Å². The van der Waals surface area contributed by atoms with Gasteiger partial charge in [-0.25, -0.2) is 0 Å². The number of rotatable bonds is 1. The molecule has 0 spiro atoms. The third-order valence-electron chi connectivity index (χ3n) is 1.06. The van der Waals surface area contributed by atoms with E-state index in [4.69, 9.17) is 33.7 Å². The first-order chi connectivity index (χ1) is 7.76. The average molecular weight is 350 g/mol. The fourth-order valence-electron chi connectivity index (χ4n) is 0.587. The second kappa shape index (κ2) is 20.4. The molecule has 16 heavy (non-hydrogen) atoms. The number of aromatic hydroxyl groups is 1. The molecule has 0 fully saturated rings. The van der Waals surface area contributed by atoms with Crippen LogP contribution in [0.25, 0.3) is 0 Å². The molecule has 93 valence electrons. The van der Waals surface area contributed by atoms with Gasteiger partial charge in [-0.2, -0.15) is 0 Å². The van der Waals surface area contributed by atoms with Crippen molar-refractivity contribution in [1.82, 2.24) is 0 Å². The number of carbonyl (C=O) groups excluding carboxylic acids is 1. The molecule has 0 aliphatic carbocycles. The van der Waals surface area contributed by atoms with Gasteiger partial charge in [0.1, 0.15) is 5.75 Å². The Morgan fingerprint density at radius 3 is 1.75 bits per heavy atom. The summed E-state index contributed by atoms with van der Waals surface area (Å²) in [7, 11) is 11.8. The molecule has 7 heteroatoms. The summed E-state index contributed by atoms with van der Waals surface area (Å²) in [6.45, 7) is 0. The number of para-hydroxylation sites is 1. The van der Waals surface area contributed by atoms with Crippen LogP contribution in [0.15, 0.2) is 24.3 Å². The normalized spacial score (nSPS) is 6.62. The van der Waals surface area contributed by atoms with Crippen LogP contribution in [0.2, 0.25) is 0 Å². The SMILES string of the molecule is CO.CO.O=Cc1ccccc1O.[Cl][Nb][Cl]. The molecule has 0 radical (unpaired) electrons. The van der Waals surface area contributed by atoms with Gasteiger partial charge in [-0.05, 0) is 12.1 Å². The molecule has 1 aromatic carbocycles. The molecule has 0 atom stereocenters. The Hall–Kier alpha value is -0.0697. The summed E-state index contributed by atoms with van der Waals surface area (Å²) >= 11 is -0.706. The number of aldehydes is 1. The summed E-state index contributed by atoms with van der Waals surface area (Å²) in [6.07, 6.45) is 0.620. The van der Waals surface area contributed by atoms with Gasteiger partial charge in [0, 0.05) is 14.2 Å². The van der Waals surface area contributed by atoms with Crippen LogP contribution in [0.1, 0.15) is 10.4 Å². The first-order valence-electron chi connectivity index (χ1n) is 3.81. The molecular formula is C9H14Cl2NbO4. The van der Waals surface area contributed by atoms with E-state index < -0.39 is 17.6 Å². The van der Waals surface area contributed by atoms with Gasteiger partial charge in [0.15, 0.2) is 6.29 Å². The summed E-state index contributed by atoms with van der Waals surface area (Å²) in [5.74, 6) is 0.0347. The van der Waals surface area contributed by atoms with Crippen molar-refractivity contribution in [2.24, 2.45) is 0 Å². The van der Waals surface area contributed by atoms with Crippen LogP contribution in [0.4, 0.5) is 0 Å². The van der Waals surface area contributed by atoms with E-state index in [1.807, 2.05) is 0 Å². The van der Waals surface area contributed by atoms with E-state index in [1.165, 1.54) is 6.07 Å². The average Bonchev–Trinajstić information content (AvgIpc) is 2.36. The van der Waals surface area contributed by atoms with E-state index in [1.54, 1.807) is 18.2 Å². The minimum absolute atomic E-state index is 0.0347. The number of carbonyl (C=O) groups is 1. The number of phenols is 1. The zero-order valence-corrected chi connectivity index (χ0v) is 12.6. The Kier molecular flexibility index (Phi) is 27.0. The van der Waals surface area contributed by atoms with Gasteiger partial charge >= 0.3 is 36.0 Å². The van der Waals surface area contributed by atoms with Crippen LogP contribution in [0.3, 0.4) is 0 Å². The van der Waals surface area contributed by atoms with Crippen LogP contribution in [-0.2, 0) is 17.6 Å². The predicted octanol–water partition coefficient (Wildman–Crippen LogP) is 1.80. The molecule has 0 aliphatic rings. The Balaban J connectivity index is -0.000000206. The second-order valence-corrected chi connectivity index (χ2v) is 5.08. The van der Waals surface area contributed by atoms with Gasteiger partial charge < -0.3 is 15.3 Å². The van der Waals surface area contributed by atoms with Gasteiger partial charge in [-0.1, -0.05) is 12.1 Å². The van der Waals surface area contributed by atoms with E-state index in [-0.39, 0.29) is 5.75 Å². The Labute approximate surface area is 112 Å². The fourth-order valence-corrected chi connectivity index (χ4v) is 0.587. The number of phenolic OH excluding ortho intramolecular Hbond substituents is 1. The number of hydrogen-bond acceptors (Lipinski definition) is 4. The monoisotopic (exact) mass is 349 g/mol. The van der Waals surface area contributed by atoms with Gasteiger partial charge in [0.2, 0.25) is 0 Å². The zero-order valence-electron chi connectivity index (χ0n) is 8.84. The maximum atomic E-state index is 10.1. The molecule has 4 nitrogen and oxygen atoms in total. The number of aliphatic hydroxyl groups is 2. The van der Waals surface area contributed by atoms with Crippen molar-refractivity contribution in [2.75, 3.05) is 14.2 Å². The Bertz CT molecular complexity index is 249. The number of halogens is 2. The van der Waals surface area contributed by atoms with Crippen molar-refractivity contribution in [2.45, 2.75) is 0 Å². The van der Waals surface area contributed by atoms with Crippen molar-refractivity contribution in [3.63, 3.8) is 0 Å². The fraction of sp³-hybridized carbons (Fsp3) is 0.222. The van der Waals surface area contributed by atoms with Gasteiger partial charge in [0.25, 0.3) is 0 Å². The Morgan fingerprint density at radius 1 is 1.12 bits per heavy atom. The minimum atomic E-state index is -0.706. The molecule has 0 saturated heterocycles. The van der Waals surface area contributed by atoms with Gasteiger partial charge in [-0.15, -0.1) is 0 Å². The van der Waals surface area contributed by atoms with Crippen molar-refractivity contribution < 1.29 is 37.7 Å². The maximum absolute atomic E-state index is 10.1. The van der Waals surface area contributed by atoms with Gasteiger partial charge in [-0.3, -0.25) is 4.79 Å². The van der Waals surface area contributed by atoms with Crippen LogP contribution in [0, 0.1) is 0 Å². The van der Waals surface area contributed by atoms with Crippen LogP contribution in [-0.4, -0.2) is 35.8 Å². The molecular weight excluding hydrogens is 336 g/mol. The molecule has 0 amide bonds. The molecule has 3 N–H and O–H groups in total. The van der Waals surface area contributed by atoms with E-state index in [0.29, 0.717) is 11.8 Å². The molecule has 1 aromatic rings. The molecule has 0 bridgehead atoms. The molecule has 1 rings (SSSR count). The van der Waals surface area contributed by atoms with E-state index >= 15 is 0 Å². The van der Waals surface area contributed by atoms with E-state index in [0.717, 1.165) is 14.2 Å². The molecule has 0 saturated carbocycles. The first-order valence-corrected chi connectivity index (χ1v) is 9.47. The number of aliphatic hydroxyl groups excluding tert-OH is 2. The summed E-state index contributed by atoms with van der Waals surface area (Å²) in [6, 6.07) is 6.40. The summed E-state index contributed by atoms with van der Waals surface area (Å²) in [5.41, 5.74) is 0.331. The van der Waals surface area contributed by atoms with E-state index in [2.05, 4.69) is 0 Å². The zero-order chi connectivity index (χ0) is 13.4. The van der Waals surface area contributed by atoms with Gasteiger partial charge in [0.05, 0.1) is 5.56 Å². The predicted molar refractivity (Wildman–Crippen MR) is 61.5 cm³/mol. The van der Waals surface area contributed by atoms with Crippen LogP contribution < -0.4 is 0 Å². The second-order valence-electron chi connectivity index (χ2n) is 1.74. The summed E-state index contributed by atoms with van der Waals surface area (Å²) < 4.78 is 0. The molecule has 0 aromatic heterocycles. The van der Waals surface area contributed by atoms with E-state index in [9.17, 15) is 4.79 Å². The summed E-state index contributed by atoms with van der Waals surface area (Å²) in [4.78, 5) is 10.1. The first kappa shape index (κ1) is 21.2. The molecule has 0 heterocycles. The number of hydrogen-bond donors (Lipinski definition) is 3. The quantitative estimate of drug-likeness (QED) is 0.533. The van der Waals surface area contributed by atoms with Crippen molar-refractivity contribution in [3.8, 4) is 5.75 Å².